The van der Waals surface area contributed by atoms with E-state index in [0.29, 0.717) is 39.1 Å². The number of amides is 2. The van der Waals surface area contributed by atoms with E-state index in [2.05, 4.69) is 5.32 Å². The highest BCUT2D eigenvalue weighted by Crippen LogP contribution is 2.21. The van der Waals surface area contributed by atoms with Crippen LogP contribution < -0.4 is 5.32 Å². The van der Waals surface area contributed by atoms with Crippen LogP contribution in [0.5, 0.6) is 0 Å². The van der Waals surface area contributed by atoms with Gasteiger partial charge >= 0.3 is 0 Å². The minimum Gasteiger partial charge on any atom is -0.382 e. The van der Waals surface area contributed by atoms with Crippen LogP contribution in [0.3, 0.4) is 0 Å². The van der Waals surface area contributed by atoms with Crippen molar-refractivity contribution in [1.29, 1.82) is 0 Å². The fourth-order valence-corrected chi connectivity index (χ4v) is 2.74. The van der Waals surface area contributed by atoms with E-state index < -0.39 is 0 Å². The summed E-state index contributed by atoms with van der Waals surface area (Å²) in [5.41, 5.74) is 2.24. The molecular weight excluding hydrogens is 292 g/mol. The lowest BCUT2D eigenvalue weighted by atomic mass is 10.1. The van der Waals surface area contributed by atoms with Crippen molar-refractivity contribution in [2.24, 2.45) is 0 Å². The maximum absolute atomic E-state index is 12.3. The van der Waals surface area contributed by atoms with Gasteiger partial charge in [0, 0.05) is 32.7 Å². The lowest BCUT2D eigenvalue weighted by Gasteiger charge is -2.24. The highest BCUT2D eigenvalue weighted by Gasteiger charge is 2.35. The SMILES string of the molecule is CCOCCCNC(=O)[C@H]1CCC(=O)N1Cc1ccc(C)cc1. The monoisotopic (exact) mass is 318 g/mol. The Kier molecular flexibility index (Phi) is 6.59. The summed E-state index contributed by atoms with van der Waals surface area (Å²) in [6.45, 7) is 6.40. The molecule has 0 saturated carbocycles. The second-order valence-corrected chi connectivity index (χ2v) is 5.90. The summed E-state index contributed by atoms with van der Waals surface area (Å²) in [6.07, 6.45) is 1.84. The molecule has 1 N–H and O–H groups in total. The van der Waals surface area contributed by atoms with E-state index in [9.17, 15) is 9.59 Å². The molecule has 1 aromatic rings. The van der Waals surface area contributed by atoms with Crippen molar-refractivity contribution in [2.45, 2.75) is 45.7 Å². The molecule has 23 heavy (non-hydrogen) atoms. The van der Waals surface area contributed by atoms with Gasteiger partial charge in [0.15, 0.2) is 0 Å². The molecule has 2 amide bonds. The van der Waals surface area contributed by atoms with Crippen molar-refractivity contribution in [3.8, 4) is 0 Å². The smallest absolute Gasteiger partial charge is 0.242 e. The second-order valence-electron chi connectivity index (χ2n) is 5.90. The highest BCUT2D eigenvalue weighted by molar-refractivity contribution is 5.90. The number of hydrogen-bond acceptors (Lipinski definition) is 3. The van der Waals surface area contributed by atoms with E-state index in [4.69, 9.17) is 4.74 Å². The summed E-state index contributed by atoms with van der Waals surface area (Å²) in [7, 11) is 0. The number of nitrogens with one attached hydrogen (secondary N) is 1. The topological polar surface area (TPSA) is 58.6 Å². The van der Waals surface area contributed by atoms with Crippen LogP contribution in [0.1, 0.15) is 37.3 Å². The Morgan fingerprint density at radius 3 is 2.78 bits per heavy atom. The molecular formula is C18H26N2O3. The van der Waals surface area contributed by atoms with Crippen LogP contribution >= 0.6 is 0 Å². The largest absolute Gasteiger partial charge is 0.382 e. The Labute approximate surface area is 138 Å². The van der Waals surface area contributed by atoms with Crippen molar-refractivity contribution in [2.75, 3.05) is 19.8 Å². The summed E-state index contributed by atoms with van der Waals surface area (Å²) < 4.78 is 5.25. The number of carbonyl (C=O) groups is 2. The van der Waals surface area contributed by atoms with E-state index in [1.54, 1.807) is 4.90 Å². The van der Waals surface area contributed by atoms with Gasteiger partial charge in [0.2, 0.25) is 11.8 Å². The first-order valence-corrected chi connectivity index (χ1v) is 8.32. The third-order valence-corrected chi connectivity index (χ3v) is 4.07. The van der Waals surface area contributed by atoms with Crippen molar-refractivity contribution in [3.63, 3.8) is 0 Å². The van der Waals surface area contributed by atoms with Gasteiger partial charge in [-0.3, -0.25) is 9.59 Å². The van der Waals surface area contributed by atoms with Gasteiger partial charge in [-0.1, -0.05) is 29.8 Å². The quantitative estimate of drug-likeness (QED) is 0.746. The predicted octanol–water partition coefficient (Wildman–Crippen LogP) is 2.03. The van der Waals surface area contributed by atoms with Gasteiger partial charge in [0.25, 0.3) is 0 Å². The van der Waals surface area contributed by atoms with E-state index in [1.165, 1.54) is 5.56 Å². The molecule has 1 heterocycles. The molecule has 1 saturated heterocycles. The average Bonchev–Trinajstić information content (AvgIpc) is 2.90. The average molecular weight is 318 g/mol. The zero-order valence-electron chi connectivity index (χ0n) is 14.0. The molecule has 5 nitrogen and oxygen atoms in total. The normalized spacial score (nSPS) is 17.6. The van der Waals surface area contributed by atoms with Gasteiger partial charge in [-0.25, -0.2) is 0 Å². The Hall–Kier alpha value is -1.88. The third kappa shape index (κ3) is 5.06. The first kappa shape index (κ1) is 17.5. The van der Waals surface area contributed by atoms with E-state index in [1.807, 2.05) is 38.1 Å². The first-order chi connectivity index (χ1) is 11.1. The second kappa shape index (κ2) is 8.67. The van der Waals surface area contributed by atoms with Gasteiger partial charge in [-0.2, -0.15) is 0 Å². The minimum atomic E-state index is -0.351. The summed E-state index contributed by atoms with van der Waals surface area (Å²) >= 11 is 0. The molecule has 1 aliphatic rings. The van der Waals surface area contributed by atoms with E-state index in [-0.39, 0.29) is 17.9 Å². The zero-order chi connectivity index (χ0) is 16.7. The fraction of sp³-hybridized carbons (Fsp3) is 0.556. The van der Waals surface area contributed by atoms with Gasteiger partial charge < -0.3 is 15.0 Å². The highest BCUT2D eigenvalue weighted by atomic mass is 16.5. The molecule has 0 spiro atoms. The van der Waals surface area contributed by atoms with Crippen LogP contribution in [0.2, 0.25) is 0 Å². The molecule has 1 aliphatic heterocycles. The standard InChI is InChI=1S/C18H26N2O3/c1-3-23-12-4-11-19-18(22)16-9-10-17(21)20(16)13-15-7-5-14(2)6-8-15/h5-8,16H,3-4,9-13H2,1-2H3,(H,19,22)/t16-/m1/s1. The third-order valence-electron chi connectivity index (χ3n) is 4.07. The number of hydrogen-bond donors (Lipinski definition) is 1. The number of carbonyl (C=O) groups excluding carboxylic acids is 2. The van der Waals surface area contributed by atoms with Gasteiger partial charge in [-0.05, 0) is 32.3 Å². The maximum Gasteiger partial charge on any atom is 0.242 e. The molecule has 0 bridgehead atoms. The van der Waals surface area contributed by atoms with Crippen LogP contribution in [0.15, 0.2) is 24.3 Å². The van der Waals surface area contributed by atoms with Crippen molar-refractivity contribution >= 4 is 11.8 Å². The van der Waals surface area contributed by atoms with Crippen molar-refractivity contribution < 1.29 is 14.3 Å². The fourth-order valence-electron chi connectivity index (χ4n) is 2.74. The van der Waals surface area contributed by atoms with Crippen LogP contribution in [0.4, 0.5) is 0 Å². The summed E-state index contributed by atoms with van der Waals surface area (Å²) in [5, 5.41) is 2.92. The molecule has 1 atom stereocenters. The zero-order valence-corrected chi connectivity index (χ0v) is 14.0. The Morgan fingerprint density at radius 2 is 2.09 bits per heavy atom. The number of rotatable bonds is 8. The molecule has 0 unspecified atom stereocenters. The summed E-state index contributed by atoms with van der Waals surface area (Å²) in [5.74, 6) is -0.000462. The molecule has 1 aromatic carbocycles. The van der Waals surface area contributed by atoms with Crippen molar-refractivity contribution in [3.05, 3.63) is 35.4 Å². The van der Waals surface area contributed by atoms with Crippen LogP contribution in [0, 0.1) is 6.92 Å². The number of nitrogens with zero attached hydrogens (tertiary/aromatic N) is 1. The molecule has 0 radical (unpaired) electrons. The minimum absolute atomic E-state index is 0.0556. The first-order valence-electron chi connectivity index (χ1n) is 8.32. The predicted molar refractivity (Wildman–Crippen MR) is 88.9 cm³/mol. The van der Waals surface area contributed by atoms with E-state index in [0.717, 1.165) is 12.0 Å². The van der Waals surface area contributed by atoms with Crippen molar-refractivity contribution in [1.82, 2.24) is 10.2 Å². The van der Waals surface area contributed by atoms with Crippen LogP contribution in [-0.2, 0) is 20.9 Å². The number of aryl methyl sites for hydroxylation is 1. The molecule has 0 aliphatic carbocycles. The molecule has 1 fully saturated rings. The van der Waals surface area contributed by atoms with Crippen LogP contribution in [-0.4, -0.2) is 42.5 Å². The summed E-state index contributed by atoms with van der Waals surface area (Å²) in [4.78, 5) is 26.1. The van der Waals surface area contributed by atoms with Gasteiger partial charge in [0.05, 0.1) is 0 Å². The molecule has 0 aromatic heterocycles. The Balaban J connectivity index is 1.88. The lowest BCUT2D eigenvalue weighted by molar-refractivity contribution is -0.135. The van der Waals surface area contributed by atoms with E-state index >= 15 is 0 Å². The number of benzene rings is 1. The van der Waals surface area contributed by atoms with Gasteiger partial charge in [-0.15, -0.1) is 0 Å². The lowest BCUT2D eigenvalue weighted by Crippen LogP contribution is -2.44. The maximum atomic E-state index is 12.3. The van der Waals surface area contributed by atoms with Crippen LogP contribution in [0.25, 0.3) is 0 Å². The number of ether oxygens (including phenoxy) is 1. The molecule has 2 rings (SSSR count). The van der Waals surface area contributed by atoms with Gasteiger partial charge in [0.1, 0.15) is 6.04 Å². The molecule has 126 valence electrons. The molecule has 5 heteroatoms. The Morgan fingerprint density at radius 1 is 1.35 bits per heavy atom. The number of likely N-dealkylation sites (tertiary alicyclic amines) is 1. The summed E-state index contributed by atoms with van der Waals surface area (Å²) in [6, 6.07) is 7.73. The Bertz CT molecular complexity index is 528.